The van der Waals surface area contributed by atoms with Crippen molar-refractivity contribution in [1.82, 2.24) is 30.0 Å². The summed E-state index contributed by atoms with van der Waals surface area (Å²) in [7, 11) is 0. The van der Waals surface area contributed by atoms with Crippen molar-refractivity contribution >= 4 is 21.8 Å². The van der Waals surface area contributed by atoms with Gasteiger partial charge in [0.05, 0.1) is 24.0 Å². The number of halogens is 10. The van der Waals surface area contributed by atoms with Crippen molar-refractivity contribution in [3.63, 3.8) is 0 Å². The van der Waals surface area contributed by atoms with E-state index < -0.39 is 60.6 Å². The van der Waals surface area contributed by atoms with Crippen LogP contribution in [-0.4, -0.2) is 56.2 Å². The minimum Gasteiger partial charge on any atom is -0.484 e. The molecule has 3 rings (SSSR count). The van der Waals surface area contributed by atoms with Crippen LogP contribution in [0.3, 0.4) is 0 Å². The van der Waals surface area contributed by atoms with Gasteiger partial charge in [-0.25, -0.2) is 15.0 Å². The highest BCUT2D eigenvalue weighted by molar-refractivity contribution is 9.10. The fourth-order valence-corrected chi connectivity index (χ4v) is 3.21. The highest BCUT2D eigenvalue weighted by Gasteiger charge is 2.34. The summed E-state index contributed by atoms with van der Waals surface area (Å²) in [4.78, 5) is 24.4. The average Bonchev–Trinajstić information content (AvgIpc) is 3.22. The maximum Gasteiger partial charge on any atom is 0.422 e. The van der Waals surface area contributed by atoms with Gasteiger partial charge in [0.1, 0.15) is 5.75 Å². The van der Waals surface area contributed by atoms with Gasteiger partial charge >= 0.3 is 18.5 Å². The highest BCUT2D eigenvalue weighted by atomic mass is 79.9. The van der Waals surface area contributed by atoms with E-state index in [1.54, 1.807) is 0 Å². The van der Waals surface area contributed by atoms with Crippen molar-refractivity contribution in [1.29, 1.82) is 0 Å². The SMILES string of the molecule is CC(NC(=O)c1cc(OCC(F)(F)F)cc(C(F)(F)F)c1)c1nc(Br)nn1-c1ncc(OCC(F)(F)F)cn1. The normalized spacial score (nSPS) is 13.2. The Morgan fingerprint density at radius 1 is 0.949 bits per heavy atom. The third kappa shape index (κ3) is 8.69. The number of benzene rings is 1. The number of carbonyl (C=O) groups excluding carboxylic acids is 1. The number of amides is 1. The third-order valence-corrected chi connectivity index (χ3v) is 4.78. The molecular formula is C20H14BrF9N6O3. The van der Waals surface area contributed by atoms with Crippen LogP contribution < -0.4 is 14.8 Å². The summed E-state index contributed by atoms with van der Waals surface area (Å²) in [6, 6.07) is 0.340. The van der Waals surface area contributed by atoms with Crippen LogP contribution in [0.2, 0.25) is 0 Å². The predicted molar refractivity (Wildman–Crippen MR) is 115 cm³/mol. The molecule has 0 bridgehead atoms. The number of hydrogen-bond acceptors (Lipinski definition) is 7. The highest BCUT2D eigenvalue weighted by Crippen LogP contribution is 2.33. The van der Waals surface area contributed by atoms with Crippen molar-refractivity contribution in [2.24, 2.45) is 0 Å². The summed E-state index contributed by atoms with van der Waals surface area (Å²) >= 11 is 3.00. The summed E-state index contributed by atoms with van der Waals surface area (Å²) in [6.45, 7) is -2.12. The van der Waals surface area contributed by atoms with E-state index in [2.05, 4.69) is 50.8 Å². The Labute approximate surface area is 220 Å². The van der Waals surface area contributed by atoms with Gasteiger partial charge in [0.25, 0.3) is 11.9 Å². The Morgan fingerprint density at radius 3 is 2.05 bits per heavy atom. The molecule has 0 radical (unpaired) electrons. The largest absolute Gasteiger partial charge is 0.484 e. The van der Waals surface area contributed by atoms with E-state index in [9.17, 15) is 44.3 Å². The number of carbonyl (C=O) groups is 1. The molecule has 0 fully saturated rings. The van der Waals surface area contributed by atoms with E-state index in [0.717, 1.165) is 17.1 Å². The van der Waals surface area contributed by atoms with E-state index in [-0.39, 0.29) is 22.3 Å². The van der Waals surface area contributed by atoms with Crippen LogP contribution in [0.4, 0.5) is 39.5 Å². The Morgan fingerprint density at radius 2 is 1.51 bits per heavy atom. The minimum absolute atomic E-state index is 0.0403. The van der Waals surface area contributed by atoms with E-state index in [0.29, 0.717) is 18.2 Å². The summed E-state index contributed by atoms with van der Waals surface area (Å²) in [5.41, 5.74) is -2.09. The lowest BCUT2D eigenvalue weighted by Gasteiger charge is -2.16. The molecule has 0 aliphatic rings. The molecule has 0 saturated carbocycles. The van der Waals surface area contributed by atoms with Crippen LogP contribution in [-0.2, 0) is 6.18 Å². The van der Waals surface area contributed by atoms with Crippen molar-refractivity contribution in [3.05, 3.63) is 52.3 Å². The summed E-state index contributed by atoms with van der Waals surface area (Å²) in [6.07, 6.45) is -12.6. The summed E-state index contributed by atoms with van der Waals surface area (Å²) in [5.74, 6) is -2.57. The molecule has 9 nitrogen and oxygen atoms in total. The molecule has 1 atom stereocenters. The Kier molecular flexibility index (Phi) is 8.61. The number of aromatic nitrogens is 5. The maximum absolute atomic E-state index is 13.3. The van der Waals surface area contributed by atoms with Crippen LogP contribution in [0.25, 0.3) is 5.95 Å². The van der Waals surface area contributed by atoms with Crippen molar-refractivity contribution < 1.29 is 53.8 Å². The second-order valence-corrected chi connectivity index (χ2v) is 8.33. The first-order valence-electron chi connectivity index (χ1n) is 10.3. The molecule has 3 aromatic rings. The average molecular weight is 637 g/mol. The topological polar surface area (TPSA) is 104 Å². The molecule has 1 N–H and O–H groups in total. The fourth-order valence-electron chi connectivity index (χ4n) is 2.87. The lowest BCUT2D eigenvalue weighted by Crippen LogP contribution is -2.29. The van der Waals surface area contributed by atoms with Gasteiger partial charge in [-0.15, -0.1) is 5.10 Å². The van der Waals surface area contributed by atoms with Gasteiger partial charge in [0.15, 0.2) is 24.8 Å². The zero-order valence-electron chi connectivity index (χ0n) is 19.1. The van der Waals surface area contributed by atoms with Gasteiger partial charge in [-0.05, 0) is 41.1 Å². The van der Waals surface area contributed by atoms with Gasteiger partial charge in [0, 0.05) is 5.56 Å². The second kappa shape index (κ2) is 11.2. The molecule has 212 valence electrons. The molecule has 0 aliphatic carbocycles. The molecule has 39 heavy (non-hydrogen) atoms. The van der Waals surface area contributed by atoms with Crippen LogP contribution in [0.1, 0.15) is 34.7 Å². The maximum atomic E-state index is 13.3. The first kappa shape index (κ1) is 29.9. The monoisotopic (exact) mass is 636 g/mol. The molecule has 0 aliphatic heterocycles. The van der Waals surface area contributed by atoms with Gasteiger partial charge in [-0.3, -0.25) is 4.79 Å². The van der Waals surface area contributed by atoms with Gasteiger partial charge in [0.2, 0.25) is 4.73 Å². The number of hydrogen-bond donors (Lipinski definition) is 1. The number of nitrogens with zero attached hydrogens (tertiary/aromatic N) is 5. The van der Waals surface area contributed by atoms with Crippen LogP contribution in [0.15, 0.2) is 35.3 Å². The minimum atomic E-state index is -5.00. The van der Waals surface area contributed by atoms with Crippen molar-refractivity contribution in [2.75, 3.05) is 13.2 Å². The molecule has 2 aromatic heterocycles. The standard InChI is InChI=1S/C20H14BrF9N6O3/c1-9(14-34-16(21)35-36(14)17-31-5-13(6-32-17)39-8-19(25,26)27)33-15(37)10-2-11(20(28,29)30)4-12(3-10)38-7-18(22,23)24/h2-6,9H,7-8H2,1H3,(H,33,37). The van der Waals surface area contributed by atoms with Gasteiger partial charge in [-0.2, -0.15) is 44.2 Å². The van der Waals surface area contributed by atoms with E-state index in [1.165, 1.54) is 6.92 Å². The Balaban J connectivity index is 1.83. The molecular weight excluding hydrogens is 623 g/mol. The summed E-state index contributed by atoms with van der Waals surface area (Å²) in [5, 5.41) is 6.28. The molecule has 1 unspecified atom stereocenters. The molecule has 0 spiro atoms. The molecule has 1 amide bonds. The molecule has 0 saturated heterocycles. The van der Waals surface area contributed by atoms with Crippen LogP contribution >= 0.6 is 15.9 Å². The van der Waals surface area contributed by atoms with Gasteiger partial charge < -0.3 is 14.8 Å². The number of ether oxygens (including phenoxy) is 2. The predicted octanol–water partition coefficient (Wildman–Crippen LogP) is 5.21. The zero-order valence-corrected chi connectivity index (χ0v) is 20.7. The fraction of sp³-hybridized carbons (Fsp3) is 0.350. The lowest BCUT2D eigenvalue weighted by molar-refractivity contribution is -0.154. The van der Waals surface area contributed by atoms with Gasteiger partial charge in [-0.1, -0.05) is 0 Å². The quantitative estimate of drug-likeness (QED) is 0.339. The second-order valence-electron chi connectivity index (χ2n) is 7.62. The molecule has 19 heteroatoms. The smallest absolute Gasteiger partial charge is 0.422 e. The summed E-state index contributed by atoms with van der Waals surface area (Å²) < 4.78 is 124. The number of nitrogens with one attached hydrogen (secondary N) is 1. The Bertz CT molecular complexity index is 1310. The van der Waals surface area contributed by atoms with E-state index in [1.807, 2.05) is 0 Å². The number of rotatable bonds is 8. The molecule has 2 heterocycles. The third-order valence-electron chi connectivity index (χ3n) is 4.45. The zero-order chi connectivity index (χ0) is 29.2. The van der Waals surface area contributed by atoms with E-state index in [4.69, 9.17) is 0 Å². The lowest BCUT2D eigenvalue weighted by atomic mass is 10.1. The number of alkyl halides is 9. The molecule has 1 aromatic carbocycles. The van der Waals surface area contributed by atoms with E-state index >= 15 is 0 Å². The first-order chi connectivity index (χ1) is 17.9. The first-order valence-corrected chi connectivity index (χ1v) is 11.1. The van der Waals surface area contributed by atoms with Crippen molar-refractivity contribution in [3.8, 4) is 17.4 Å². The van der Waals surface area contributed by atoms with Crippen LogP contribution in [0.5, 0.6) is 11.5 Å². The van der Waals surface area contributed by atoms with Crippen LogP contribution in [0, 0.1) is 0 Å². The Hall–Kier alpha value is -3.64. The van der Waals surface area contributed by atoms with Crippen molar-refractivity contribution in [2.45, 2.75) is 31.5 Å².